The van der Waals surface area contributed by atoms with Crippen LogP contribution in [0.25, 0.3) is 23.1 Å². The van der Waals surface area contributed by atoms with Crippen molar-refractivity contribution in [3.8, 4) is 5.75 Å². The molecule has 0 amide bonds. The van der Waals surface area contributed by atoms with Crippen molar-refractivity contribution in [3.05, 3.63) is 69.2 Å². The molecule has 6 heteroatoms. The number of hydrogen-bond donors (Lipinski definition) is 0. The normalized spacial score (nSPS) is 14.8. The number of benzene rings is 2. The van der Waals surface area contributed by atoms with E-state index in [9.17, 15) is 4.79 Å². The van der Waals surface area contributed by atoms with Gasteiger partial charge in [0.15, 0.2) is 0 Å². The molecule has 29 heavy (non-hydrogen) atoms. The zero-order valence-electron chi connectivity index (χ0n) is 16.5. The molecule has 2 heterocycles. The molecule has 0 unspecified atom stereocenters. The van der Waals surface area contributed by atoms with Crippen LogP contribution in [0.5, 0.6) is 5.75 Å². The van der Waals surface area contributed by atoms with E-state index >= 15 is 0 Å². The van der Waals surface area contributed by atoms with E-state index < -0.39 is 0 Å². The molecule has 0 spiro atoms. The highest BCUT2D eigenvalue weighted by molar-refractivity contribution is 6.31. The smallest absolute Gasteiger partial charge is 0.261 e. The van der Waals surface area contributed by atoms with Crippen molar-refractivity contribution in [2.75, 3.05) is 26.7 Å². The highest BCUT2D eigenvalue weighted by Gasteiger charge is 2.14. The van der Waals surface area contributed by atoms with Crippen LogP contribution in [0.2, 0.25) is 5.02 Å². The summed E-state index contributed by atoms with van der Waals surface area (Å²) in [5.41, 5.74) is 1.60. The van der Waals surface area contributed by atoms with E-state index in [2.05, 4.69) is 4.90 Å². The zero-order chi connectivity index (χ0) is 20.2. The minimum absolute atomic E-state index is 0.0276. The Hall–Kier alpha value is -2.63. The van der Waals surface area contributed by atoms with Crippen LogP contribution in [-0.2, 0) is 6.54 Å². The third-order valence-electron chi connectivity index (χ3n) is 5.33. The molecule has 0 N–H and O–H groups in total. The Morgan fingerprint density at radius 2 is 1.83 bits per heavy atom. The highest BCUT2D eigenvalue weighted by atomic mass is 35.5. The number of likely N-dealkylation sites (tertiary alicyclic amines) is 1. The molecule has 1 aliphatic heterocycles. The molecule has 0 saturated carbocycles. The minimum atomic E-state index is -0.0276. The Kier molecular flexibility index (Phi) is 5.97. The molecule has 1 saturated heterocycles. The summed E-state index contributed by atoms with van der Waals surface area (Å²) >= 11 is 6.13. The summed E-state index contributed by atoms with van der Waals surface area (Å²) in [4.78, 5) is 20.3. The van der Waals surface area contributed by atoms with Crippen LogP contribution < -0.4 is 10.3 Å². The summed E-state index contributed by atoms with van der Waals surface area (Å²) in [5.74, 6) is 1.45. The first-order valence-corrected chi connectivity index (χ1v) is 10.3. The van der Waals surface area contributed by atoms with Crippen LogP contribution in [0.15, 0.2) is 47.3 Å². The van der Waals surface area contributed by atoms with Gasteiger partial charge in [0, 0.05) is 18.1 Å². The van der Waals surface area contributed by atoms with Gasteiger partial charge in [-0.15, -0.1) is 0 Å². The third-order valence-corrected chi connectivity index (χ3v) is 5.56. The molecule has 2 aromatic carbocycles. The molecule has 0 aliphatic carbocycles. The lowest BCUT2D eigenvalue weighted by molar-refractivity contribution is 0.320. The van der Waals surface area contributed by atoms with Gasteiger partial charge in [0.05, 0.1) is 18.0 Å². The van der Waals surface area contributed by atoms with Crippen molar-refractivity contribution in [3.63, 3.8) is 0 Å². The summed E-state index contributed by atoms with van der Waals surface area (Å²) in [7, 11) is 1.65. The fourth-order valence-electron chi connectivity index (χ4n) is 3.69. The number of halogens is 1. The summed E-state index contributed by atoms with van der Waals surface area (Å²) in [6.07, 6.45) is 6.32. The maximum atomic E-state index is 13.2. The van der Waals surface area contributed by atoms with E-state index in [0.29, 0.717) is 28.3 Å². The van der Waals surface area contributed by atoms with Crippen LogP contribution >= 0.6 is 11.6 Å². The topological polar surface area (TPSA) is 47.4 Å². The van der Waals surface area contributed by atoms with Crippen molar-refractivity contribution < 1.29 is 4.74 Å². The molecule has 150 valence electrons. The summed E-state index contributed by atoms with van der Waals surface area (Å²) < 4.78 is 6.98. The first kappa shape index (κ1) is 19.7. The van der Waals surface area contributed by atoms with Gasteiger partial charge in [-0.2, -0.15) is 0 Å². The van der Waals surface area contributed by atoms with E-state index in [1.54, 1.807) is 29.9 Å². The lowest BCUT2D eigenvalue weighted by atomic mass is 10.2. The molecule has 0 radical (unpaired) electrons. The highest BCUT2D eigenvalue weighted by Crippen LogP contribution is 2.18. The van der Waals surface area contributed by atoms with Crippen molar-refractivity contribution in [1.29, 1.82) is 0 Å². The Balaban J connectivity index is 1.71. The predicted octanol–water partition coefficient (Wildman–Crippen LogP) is 4.32. The Morgan fingerprint density at radius 1 is 1.07 bits per heavy atom. The first-order chi connectivity index (χ1) is 14.1. The van der Waals surface area contributed by atoms with Gasteiger partial charge >= 0.3 is 0 Å². The first-order valence-electron chi connectivity index (χ1n) is 9.88. The number of hydrogen-bond acceptors (Lipinski definition) is 4. The van der Waals surface area contributed by atoms with Gasteiger partial charge in [0.2, 0.25) is 0 Å². The summed E-state index contributed by atoms with van der Waals surface area (Å²) in [5, 5.41) is 1.17. The molecule has 1 fully saturated rings. The van der Waals surface area contributed by atoms with Gasteiger partial charge in [-0.05, 0) is 67.9 Å². The second-order valence-electron chi connectivity index (χ2n) is 7.24. The average Bonchev–Trinajstić information content (AvgIpc) is 3.25. The monoisotopic (exact) mass is 409 g/mol. The minimum Gasteiger partial charge on any atom is -0.497 e. The maximum Gasteiger partial charge on any atom is 0.261 e. The van der Waals surface area contributed by atoms with Crippen molar-refractivity contribution in [2.45, 2.75) is 19.4 Å². The third kappa shape index (κ3) is 4.52. The molecule has 4 rings (SSSR count). The summed E-state index contributed by atoms with van der Waals surface area (Å²) in [6, 6.07) is 13.0. The zero-order valence-corrected chi connectivity index (χ0v) is 17.2. The second kappa shape index (κ2) is 8.80. The number of ether oxygens (including phenoxy) is 1. The molecule has 0 atom stereocenters. The molecule has 5 nitrogen and oxygen atoms in total. The fourth-order valence-corrected chi connectivity index (χ4v) is 3.85. The van der Waals surface area contributed by atoms with Gasteiger partial charge in [-0.1, -0.05) is 29.8 Å². The molecule has 3 aromatic rings. The van der Waals surface area contributed by atoms with Crippen LogP contribution in [-0.4, -0.2) is 41.2 Å². The second-order valence-corrected chi connectivity index (χ2v) is 7.68. The summed E-state index contributed by atoms with van der Waals surface area (Å²) in [6.45, 7) is 3.67. The quantitative estimate of drug-likeness (QED) is 0.608. The number of aromatic nitrogens is 2. The maximum absolute atomic E-state index is 13.2. The van der Waals surface area contributed by atoms with Crippen molar-refractivity contribution in [1.82, 2.24) is 14.5 Å². The fraction of sp³-hybridized carbons (Fsp3) is 0.304. The molecule has 1 aliphatic rings. The Morgan fingerprint density at radius 3 is 2.55 bits per heavy atom. The predicted molar refractivity (Wildman–Crippen MR) is 119 cm³/mol. The van der Waals surface area contributed by atoms with Gasteiger partial charge in [0.25, 0.3) is 5.56 Å². The molecule has 0 bridgehead atoms. The Bertz CT molecular complexity index is 1080. The Labute approximate surface area is 175 Å². The standard InChI is InChI=1S/C23H24ClN3O2/c1-29-19-8-4-17(5-9-19)6-11-22-25-21-16-18(24)7-10-20(21)23(28)27(22)15-14-26-12-2-3-13-26/h4-11,16H,2-3,12-15H2,1H3/b11-6+. The number of nitrogens with zero attached hydrogens (tertiary/aromatic N) is 3. The van der Waals surface area contributed by atoms with E-state index in [1.165, 1.54) is 12.8 Å². The van der Waals surface area contributed by atoms with Gasteiger partial charge in [-0.3, -0.25) is 9.36 Å². The number of methoxy groups -OCH3 is 1. The average molecular weight is 410 g/mol. The van der Waals surface area contributed by atoms with Gasteiger partial charge in [0.1, 0.15) is 11.6 Å². The lowest BCUT2D eigenvalue weighted by Crippen LogP contribution is -2.31. The van der Waals surface area contributed by atoms with Crippen molar-refractivity contribution in [2.24, 2.45) is 0 Å². The van der Waals surface area contributed by atoms with Crippen molar-refractivity contribution >= 4 is 34.7 Å². The number of rotatable bonds is 6. The van der Waals surface area contributed by atoms with Crippen LogP contribution in [0.1, 0.15) is 24.2 Å². The van der Waals surface area contributed by atoms with Crippen LogP contribution in [0, 0.1) is 0 Å². The van der Waals surface area contributed by atoms with Crippen LogP contribution in [0.4, 0.5) is 0 Å². The van der Waals surface area contributed by atoms with E-state index in [0.717, 1.165) is 30.9 Å². The molecular formula is C23H24ClN3O2. The number of fused-ring (bicyclic) bond motifs is 1. The van der Waals surface area contributed by atoms with E-state index in [-0.39, 0.29) is 5.56 Å². The van der Waals surface area contributed by atoms with E-state index in [1.807, 2.05) is 36.4 Å². The van der Waals surface area contributed by atoms with Crippen LogP contribution in [0.3, 0.4) is 0 Å². The molecular weight excluding hydrogens is 386 g/mol. The molecule has 1 aromatic heterocycles. The SMILES string of the molecule is COc1ccc(/C=C/c2nc3cc(Cl)ccc3c(=O)n2CCN2CCCC2)cc1. The van der Waals surface area contributed by atoms with E-state index in [4.69, 9.17) is 21.3 Å². The van der Waals surface area contributed by atoms with Gasteiger partial charge < -0.3 is 9.64 Å². The van der Waals surface area contributed by atoms with Gasteiger partial charge in [-0.25, -0.2) is 4.98 Å². The largest absolute Gasteiger partial charge is 0.497 e. The lowest BCUT2D eigenvalue weighted by Gasteiger charge is -2.17.